The van der Waals surface area contributed by atoms with E-state index in [1.54, 1.807) is 9.58 Å². The molecule has 1 saturated carbocycles. The Kier molecular flexibility index (Phi) is 6.57. The van der Waals surface area contributed by atoms with Crippen molar-refractivity contribution < 1.29 is 19.4 Å². The quantitative estimate of drug-likeness (QED) is 0.642. The van der Waals surface area contributed by atoms with Gasteiger partial charge in [-0.3, -0.25) is 9.59 Å². The van der Waals surface area contributed by atoms with Crippen molar-refractivity contribution in [3.05, 3.63) is 11.9 Å². The Labute approximate surface area is 196 Å². The Bertz CT molecular complexity index is 866. The third kappa shape index (κ3) is 4.94. The molecule has 184 valence electrons. The minimum Gasteiger partial charge on any atom is -0.391 e. The van der Waals surface area contributed by atoms with Gasteiger partial charge in [-0.15, -0.1) is 5.10 Å². The molecule has 4 rings (SSSR count). The second kappa shape index (κ2) is 8.98. The number of nitrogens with zero attached hydrogens (tertiary/aromatic N) is 4. The number of amides is 2. The molecule has 3 aliphatic rings. The van der Waals surface area contributed by atoms with E-state index in [1.165, 1.54) is 0 Å². The van der Waals surface area contributed by atoms with Gasteiger partial charge in [0.05, 0.1) is 18.4 Å². The molecule has 0 spiro atoms. The molecule has 0 radical (unpaired) electrons. The highest BCUT2D eigenvalue weighted by molar-refractivity contribution is 5.90. The van der Waals surface area contributed by atoms with Crippen LogP contribution in [0.4, 0.5) is 0 Å². The van der Waals surface area contributed by atoms with Crippen LogP contribution in [0.5, 0.6) is 0 Å². The lowest BCUT2D eigenvalue weighted by Gasteiger charge is -2.35. The Balaban J connectivity index is 1.51. The molecule has 3 fully saturated rings. The summed E-state index contributed by atoms with van der Waals surface area (Å²) in [6, 6.07) is -1.31. The Morgan fingerprint density at radius 3 is 2.64 bits per heavy atom. The number of carbonyl (C=O) groups excluding carboxylic acids is 2. The molecule has 9 heteroatoms. The van der Waals surface area contributed by atoms with Crippen LogP contribution in [0.1, 0.15) is 78.0 Å². The third-order valence-electron chi connectivity index (χ3n) is 7.68. The molecule has 2 aliphatic heterocycles. The van der Waals surface area contributed by atoms with E-state index in [2.05, 4.69) is 29.5 Å². The highest BCUT2D eigenvalue weighted by atomic mass is 16.5. The number of likely N-dealkylation sites (tertiary alicyclic amines) is 1. The molecule has 0 aromatic carbocycles. The van der Waals surface area contributed by atoms with Gasteiger partial charge in [0.2, 0.25) is 11.8 Å². The van der Waals surface area contributed by atoms with E-state index < -0.39 is 23.6 Å². The lowest BCUT2D eigenvalue weighted by atomic mass is 9.76. The number of rotatable bonds is 7. The van der Waals surface area contributed by atoms with Crippen LogP contribution in [0.15, 0.2) is 6.20 Å². The number of hydrogen-bond donors (Lipinski definition) is 2. The van der Waals surface area contributed by atoms with E-state index in [-0.39, 0.29) is 30.2 Å². The molecule has 1 unspecified atom stereocenters. The number of aliphatic hydroxyl groups is 1. The second-order valence-electron chi connectivity index (χ2n) is 11.6. The van der Waals surface area contributed by atoms with Gasteiger partial charge < -0.3 is 20.1 Å². The van der Waals surface area contributed by atoms with Crippen LogP contribution >= 0.6 is 0 Å². The maximum absolute atomic E-state index is 13.8. The molecule has 9 nitrogen and oxygen atoms in total. The summed E-state index contributed by atoms with van der Waals surface area (Å²) in [7, 11) is 0. The van der Waals surface area contributed by atoms with Crippen molar-refractivity contribution in [1.29, 1.82) is 0 Å². The van der Waals surface area contributed by atoms with E-state index in [4.69, 9.17) is 4.74 Å². The van der Waals surface area contributed by atoms with Gasteiger partial charge in [0.1, 0.15) is 12.1 Å². The average molecular weight is 462 g/mol. The third-order valence-corrected chi connectivity index (χ3v) is 7.68. The Morgan fingerprint density at radius 2 is 2.06 bits per heavy atom. The van der Waals surface area contributed by atoms with E-state index in [1.807, 2.05) is 27.0 Å². The predicted octanol–water partition coefficient (Wildman–Crippen LogP) is 1.88. The number of aromatic nitrogens is 3. The predicted molar refractivity (Wildman–Crippen MR) is 122 cm³/mol. The topological polar surface area (TPSA) is 110 Å². The summed E-state index contributed by atoms with van der Waals surface area (Å²) >= 11 is 0. The van der Waals surface area contributed by atoms with Crippen LogP contribution in [0.3, 0.4) is 0 Å². The maximum Gasteiger partial charge on any atom is 0.248 e. The van der Waals surface area contributed by atoms with Crippen LogP contribution in [0.25, 0.3) is 0 Å². The first kappa shape index (κ1) is 24.1. The zero-order chi connectivity index (χ0) is 24.0. The monoisotopic (exact) mass is 461 g/mol. The zero-order valence-electron chi connectivity index (χ0n) is 20.6. The van der Waals surface area contributed by atoms with Crippen LogP contribution in [-0.4, -0.2) is 75.3 Å². The number of carbonyl (C=O) groups is 2. The fraction of sp³-hybridized carbons (Fsp3) is 0.833. The lowest BCUT2D eigenvalue weighted by molar-refractivity contribution is -0.144. The summed E-state index contributed by atoms with van der Waals surface area (Å²) in [5.74, 6) is 0.394. The first-order valence-electron chi connectivity index (χ1n) is 12.3. The van der Waals surface area contributed by atoms with Crippen LogP contribution in [0.2, 0.25) is 0 Å². The fourth-order valence-corrected chi connectivity index (χ4v) is 5.13. The number of ether oxygens (including phenoxy) is 1. The van der Waals surface area contributed by atoms with E-state index in [0.29, 0.717) is 31.6 Å². The molecule has 2 N–H and O–H groups in total. The second-order valence-corrected chi connectivity index (χ2v) is 11.6. The largest absolute Gasteiger partial charge is 0.391 e. The van der Waals surface area contributed by atoms with Gasteiger partial charge in [-0.2, -0.15) is 0 Å². The molecular weight excluding hydrogens is 422 g/mol. The van der Waals surface area contributed by atoms with E-state index in [9.17, 15) is 14.7 Å². The highest BCUT2D eigenvalue weighted by Crippen LogP contribution is 2.40. The average Bonchev–Trinajstić information content (AvgIpc) is 3.13. The molecule has 1 aliphatic carbocycles. The summed E-state index contributed by atoms with van der Waals surface area (Å²) in [5.41, 5.74) is 0.393. The highest BCUT2D eigenvalue weighted by Gasteiger charge is 2.46. The summed E-state index contributed by atoms with van der Waals surface area (Å²) in [6.45, 7) is 12.3. The minimum absolute atomic E-state index is 0.0877. The fourth-order valence-electron chi connectivity index (χ4n) is 5.13. The number of hydrogen-bond acceptors (Lipinski definition) is 6. The van der Waals surface area contributed by atoms with Crippen LogP contribution in [-0.2, 0) is 14.3 Å². The molecule has 2 amide bonds. The van der Waals surface area contributed by atoms with Crippen molar-refractivity contribution in [2.24, 2.45) is 16.7 Å². The summed E-state index contributed by atoms with van der Waals surface area (Å²) < 4.78 is 7.28. The minimum atomic E-state index is -0.725. The van der Waals surface area contributed by atoms with Gasteiger partial charge in [-0.05, 0) is 30.6 Å². The molecule has 1 aromatic heterocycles. The molecule has 3 heterocycles. The van der Waals surface area contributed by atoms with Crippen molar-refractivity contribution in [2.75, 3.05) is 26.3 Å². The first-order valence-corrected chi connectivity index (χ1v) is 12.3. The Morgan fingerprint density at radius 1 is 1.33 bits per heavy atom. The van der Waals surface area contributed by atoms with E-state index >= 15 is 0 Å². The first-order chi connectivity index (χ1) is 15.5. The SMILES string of the molecule is CC(C)C1(CNC(=O)[C@@H]2C[C@@H](O)CN2C(=O)[C@@H](n2cc(C3CC3)nn2)C(C)(C)C)CCOC1. The molecule has 2 saturated heterocycles. The summed E-state index contributed by atoms with van der Waals surface area (Å²) in [5, 5.41) is 22.1. The number of aliphatic hydroxyl groups excluding tert-OH is 1. The van der Waals surface area contributed by atoms with Crippen LogP contribution in [0, 0.1) is 16.7 Å². The van der Waals surface area contributed by atoms with Crippen LogP contribution < -0.4 is 5.32 Å². The molecular formula is C24H39N5O4. The van der Waals surface area contributed by atoms with Crippen molar-refractivity contribution in [3.8, 4) is 0 Å². The van der Waals surface area contributed by atoms with Crippen molar-refractivity contribution in [3.63, 3.8) is 0 Å². The van der Waals surface area contributed by atoms with Gasteiger partial charge >= 0.3 is 0 Å². The number of nitrogens with one attached hydrogen (secondary N) is 1. The number of β-amino-alcohol motifs (C(OH)–C–C–N with tert-alkyl or cyclic N) is 1. The lowest BCUT2D eigenvalue weighted by Crippen LogP contribution is -2.52. The molecule has 33 heavy (non-hydrogen) atoms. The van der Waals surface area contributed by atoms with Gasteiger partial charge in [0.15, 0.2) is 0 Å². The normalized spacial score (nSPS) is 29.0. The molecule has 1 aromatic rings. The van der Waals surface area contributed by atoms with Crippen molar-refractivity contribution in [1.82, 2.24) is 25.2 Å². The zero-order valence-corrected chi connectivity index (χ0v) is 20.6. The molecule has 4 atom stereocenters. The summed E-state index contributed by atoms with van der Waals surface area (Å²) in [4.78, 5) is 28.6. The standard InChI is InChI=1S/C24H39N5O4/c1-15(2)24(8-9-33-14-24)13-25-21(31)19-10-17(30)11-28(19)22(32)20(23(3,4)5)29-12-18(26-27-29)16-6-7-16/h12,15-17,19-20,30H,6-11,13-14H2,1-5H3,(H,25,31)/t17-,19+,20-,24?/m1/s1. The van der Waals surface area contributed by atoms with Crippen molar-refractivity contribution in [2.45, 2.75) is 84.4 Å². The van der Waals surface area contributed by atoms with Gasteiger partial charge in [-0.25, -0.2) is 4.68 Å². The van der Waals surface area contributed by atoms with Gasteiger partial charge in [0.25, 0.3) is 0 Å². The molecule has 0 bridgehead atoms. The van der Waals surface area contributed by atoms with Gasteiger partial charge in [0, 0.05) is 43.6 Å². The Hall–Kier alpha value is -2.00. The maximum atomic E-state index is 13.8. The van der Waals surface area contributed by atoms with Gasteiger partial charge in [-0.1, -0.05) is 39.8 Å². The van der Waals surface area contributed by atoms with Crippen molar-refractivity contribution >= 4 is 11.8 Å². The summed E-state index contributed by atoms with van der Waals surface area (Å²) in [6.07, 6.45) is 4.51. The van der Waals surface area contributed by atoms with E-state index in [0.717, 1.165) is 25.0 Å². The smallest absolute Gasteiger partial charge is 0.248 e.